The van der Waals surface area contributed by atoms with Crippen LogP contribution in [0, 0.1) is 45.3 Å². The molecule has 232 valence electrons. The Kier molecular flexibility index (Phi) is 6.61. The summed E-state index contributed by atoms with van der Waals surface area (Å²) in [4.78, 5) is 18.9. The van der Waals surface area contributed by atoms with E-state index in [-0.39, 0.29) is 33.7 Å². The summed E-state index contributed by atoms with van der Waals surface area (Å²) in [5.41, 5.74) is 3.39. The molecule has 0 bridgehead atoms. The van der Waals surface area contributed by atoms with Crippen LogP contribution >= 0.6 is 11.6 Å². The Morgan fingerprint density at radius 1 is 0.907 bits per heavy atom. The molecule has 2 aromatic rings. The molecular weight excluding hydrogens is 554 g/mol. The van der Waals surface area contributed by atoms with Gasteiger partial charge >= 0.3 is 0 Å². The number of rotatable bonds is 3. The molecule has 0 radical (unpaired) electrons. The van der Waals surface area contributed by atoms with E-state index in [1.54, 1.807) is 0 Å². The number of Topliss-reactive ketones (excluding diaryl/α,β-unsaturated/α-hetero) is 1. The van der Waals surface area contributed by atoms with Gasteiger partial charge in [0.1, 0.15) is 0 Å². The fraction of sp³-hybridized carbons (Fsp3) is 0.684. The Morgan fingerprint density at radius 3 is 2.33 bits per heavy atom. The number of hydrogen-bond donors (Lipinski definition) is 1. The van der Waals surface area contributed by atoms with E-state index in [0.717, 1.165) is 54.9 Å². The van der Waals surface area contributed by atoms with Gasteiger partial charge in [-0.15, -0.1) is 0 Å². The summed E-state index contributed by atoms with van der Waals surface area (Å²) in [5.74, 6) is 3.45. The van der Waals surface area contributed by atoms with Crippen LogP contribution in [-0.2, 0) is 10.2 Å². The summed E-state index contributed by atoms with van der Waals surface area (Å²) in [5, 5.41) is 11.8. The molecule has 0 amide bonds. The van der Waals surface area contributed by atoms with E-state index in [1.807, 2.05) is 30.5 Å². The number of aromatic nitrogens is 1. The van der Waals surface area contributed by atoms with Crippen LogP contribution in [0.5, 0.6) is 0 Å². The second-order valence-corrected chi connectivity index (χ2v) is 17.1. The minimum atomic E-state index is -0.452. The number of carbonyl (C=O) groups excluding carboxylic acids is 1. The first-order valence-electron chi connectivity index (χ1n) is 16.9. The van der Waals surface area contributed by atoms with E-state index in [2.05, 4.69) is 48.5 Å². The molecule has 43 heavy (non-hydrogen) atoms. The topological polar surface area (TPSA) is 63.3 Å². The molecule has 0 saturated heterocycles. The Labute approximate surface area is 263 Å². The number of halogens is 1. The highest BCUT2D eigenvalue weighted by Gasteiger charge is 2.70. The lowest BCUT2D eigenvalue weighted by atomic mass is 9.33. The van der Waals surface area contributed by atoms with Crippen molar-refractivity contribution in [1.29, 1.82) is 0 Å². The summed E-state index contributed by atoms with van der Waals surface area (Å²) < 4.78 is 6.63. The first-order chi connectivity index (χ1) is 20.2. The normalized spacial score (nSPS) is 42.0. The van der Waals surface area contributed by atoms with Crippen molar-refractivity contribution in [3.63, 3.8) is 0 Å². The summed E-state index contributed by atoms with van der Waals surface area (Å²) >= 11 is 6.16. The predicted octanol–water partition coefficient (Wildman–Crippen LogP) is 9.59. The fourth-order valence-corrected chi connectivity index (χ4v) is 12.2. The summed E-state index contributed by atoms with van der Waals surface area (Å²) in [7, 11) is 0. The smallest absolute Gasteiger partial charge is 0.205 e. The van der Waals surface area contributed by atoms with Gasteiger partial charge in [0, 0.05) is 17.0 Å². The highest BCUT2D eigenvalue weighted by molar-refractivity contribution is 6.30. The SMILES string of the molecule is CC(C)C1=C2[C@H]3CC[C@@H]4[C@@]5(C)CC[C@H](O)C(C)(C)[C@@H]5CC[C@@]4(C)[C@]3(C)CC[C@@]2(c2ncc(-c3ccc(Cl)cc3)o2)CC1=O. The summed E-state index contributed by atoms with van der Waals surface area (Å²) in [6, 6.07) is 7.71. The third-order valence-electron chi connectivity index (χ3n) is 14.5. The van der Waals surface area contributed by atoms with Crippen molar-refractivity contribution < 1.29 is 14.3 Å². The first-order valence-corrected chi connectivity index (χ1v) is 17.2. The van der Waals surface area contributed by atoms with Crippen LogP contribution in [0.3, 0.4) is 0 Å². The number of allylic oxidation sites excluding steroid dienone is 2. The van der Waals surface area contributed by atoms with E-state index in [4.69, 9.17) is 21.0 Å². The third kappa shape index (κ3) is 3.84. The number of aliphatic hydroxyl groups excluding tert-OH is 1. The molecule has 1 heterocycles. The van der Waals surface area contributed by atoms with Gasteiger partial charge in [0.15, 0.2) is 11.5 Å². The highest BCUT2D eigenvalue weighted by atomic mass is 35.5. The van der Waals surface area contributed by atoms with E-state index < -0.39 is 5.41 Å². The Bertz CT molecular complexity index is 1490. The largest absolute Gasteiger partial charge is 0.440 e. The molecule has 5 aliphatic rings. The molecule has 1 aromatic carbocycles. The van der Waals surface area contributed by atoms with E-state index in [1.165, 1.54) is 24.8 Å². The summed E-state index contributed by atoms with van der Waals surface area (Å²) in [6.07, 6.45) is 10.8. The standard InChI is InChI=1S/C38H50ClNO3/c1-22(2)31-26(41)20-38(33-40-21-27(43-33)23-8-10-24(39)11-9-23)19-18-36(6)25(32(31)38)12-13-29-35(5)16-15-30(42)34(3,4)28(35)14-17-37(29,36)7/h8-11,21-22,25,28-30,42H,12-20H2,1-7H3/t25-,28+,29-,30+,35+,36-,37-,38-/m1/s1. The minimum absolute atomic E-state index is 0.0498. The van der Waals surface area contributed by atoms with Crippen LogP contribution in [0.2, 0.25) is 5.02 Å². The zero-order chi connectivity index (χ0) is 30.7. The molecule has 1 N–H and O–H groups in total. The van der Waals surface area contributed by atoms with Crippen LogP contribution in [0.25, 0.3) is 11.3 Å². The first kappa shape index (κ1) is 29.8. The van der Waals surface area contributed by atoms with Crippen LogP contribution < -0.4 is 0 Å². The minimum Gasteiger partial charge on any atom is -0.440 e. The molecule has 5 aliphatic carbocycles. The second kappa shape index (κ2) is 9.55. The molecule has 7 rings (SSSR count). The van der Waals surface area contributed by atoms with Crippen LogP contribution in [0.1, 0.15) is 112 Å². The fourth-order valence-electron chi connectivity index (χ4n) is 12.1. The Balaban J connectivity index is 1.32. The lowest BCUT2D eigenvalue weighted by Crippen LogP contribution is -2.65. The van der Waals surface area contributed by atoms with Crippen molar-refractivity contribution in [1.82, 2.24) is 4.98 Å². The number of aliphatic hydroxyl groups is 1. The van der Waals surface area contributed by atoms with Crippen molar-refractivity contribution in [3.05, 3.63) is 52.5 Å². The van der Waals surface area contributed by atoms with Gasteiger partial charge in [0.2, 0.25) is 5.89 Å². The van der Waals surface area contributed by atoms with Gasteiger partial charge in [-0.3, -0.25) is 4.79 Å². The van der Waals surface area contributed by atoms with E-state index in [0.29, 0.717) is 35.0 Å². The van der Waals surface area contributed by atoms with Gasteiger partial charge in [-0.1, -0.05) is 60.1 Å². The van der Waals surface area contributed by atoms with Gasteiger partial charge in [0.05, 0.1) is 17.7 Å². The lowest BCUT2D eigenvalue weighted by Gasteiger charge is -2.72. The van der Waals surface area contributed by atoms with Gasteiger partial charge in [-0.05, 0) is 132 Å². The maximum absolute atomic E-state index is 14.0. The van der Waals surface area contributed by atoms with Gasteiger partial charge in [-0.2, -0.15) is 0 Å². The zero-order valence-corrected chi connectivity index (χ0v) is 28.0. The molecule has 0 unspecified atom stereocenters. The molecule has 1 aromatic heterocycles. The molecule has 5 heteroatoms. The number of hydrogen-bond acceptors (Lipinski definition) is 4. The van der Waals surface area contributed by atoms with Crippen molar-refractivity contribution in [2.24, 2.45) is 45.3 Å². The number of ketones is 1. The van der Waals surface area contributed by atoms with E-state index >= 15 is 0 Å². The van der Waals surface area contributed by atoms with E-state index in [9.17, 15) is 9.90 Å². The number of carbonyl (C=O) groups is 1. The number of oxazole rings is 1. The van der Waals surface area contributed by atoms with Gasteiger partial charge in [-0.25, -0.2) is 4.98 Å². The molecule has 0 spiro atoms. The average molecular weight is 604 g/mol. The van der Waals surface area contributed by atoms with Gasteiger partial charge < -0.3 is 9.52 Å². The van der Waals surface area contributed by atoms with Crippen LogP contribution in [0.4, 0.5) is 0 Å². The average Bonchev–Trinajstić information content (AvgIpc) is 3.55. The molecule has 8 atom stereocenters. The molecular formula is C38H50ClNO3. The Hall–Kier alpha value is -1.91. The number of benzene rings is 1. The molecule has 0 aliphatic heterocycles. The van der Waals surface area contributed by atoms with Crippen molar-refractivity contribution in [2.45, 2.75) is 118 Å². The molecule has 4 saturated carbocycles. The monoisotopic (exact) mass is 603 g/mol. The quantitative estimate of drug-likeness (QED) is 0.379. The summed E-state index contributed by atoms with van der Waals surface area (Å²) in [6.45, 7) is 16.8. The van der Waals surface area contributed by atoms with Crippen molar-refractivity contribution >= 4 is 17.4 Å². The Morgan fingerprint density at radius 2 is 1.63 bits per heavy atom. The second-order valence-electron chi connectivity index (χ2n) is 16.7. The van der Waals surface area contributed by atoms with Crippen molar-refractivity contribution in [3.8, 4) is 11.3 Å². The lowest BCUT2D eigenvalue weighted by molar-refractivity contribution is -0.227. The number of nitrogens with zero attached hydrogens (tertiary/aromatic N) is 1. The van der Waals surface area contributed by atoms with Gasteiger partial charge in [0.25, 0.3) is 0 Å². The molecule has 4 nitrogen and oxygen atoms in total. The third-order valence-corrected chi connectivity index (χ3v) is 14.7. The number of fused-ring (bicyclic) bond motifs is 7. The molecule has 4 fully saturated rings. The zero-order valence-electron chi connectivity index (χ0n) is 27.2. The predicted molar refractivity (Wildman–Crippen MR) is 172 cm³/mol. The maximum Gasteiger partial charge on any atom is 0.205 e. The van der Waals surface area contributed by atoms with Crippen molar-refractivity contribution in [2.75, 3.05) is 0 Å². The van der Waals surface area contributed by atoms with Crippen LogP contribution in [0.15, 0.2) is 46.0 Å². The maximum atomic E-state index is 14.0. The highest BCUT2D eigenvalue weighted by Crippen LogP contribution is 2.76. The van der Waals surface area contributed by atoms with Crippen LogP contribution in [-0.4, -0.2) is 22.0 Å².